The number of aliphatic hydroxyl groups excluding tert-OH is 3. The van der Waals surface area contributed by atoms with Gasteiger partial charge in [0, 0.05) is 12.8 Å². The highest BCUT2D eigenvalue weighted by Crippen LogP contribution is 2.43. The average Bonchev–Trinajstić information content (AvgIpc) is 3.20. The Kier molecular flexibility index (Phi) is 36.1. The van der Waals surface area contributed by atoms with Gasteiger partial charge in [-0.1, -0.05) is 136 Å². The van der Waals surface area contributed by atoms with Crippen LogP contribution in [0, 0.1) is 0 Å². The third-order valence-electron chi connectivity index (χ3n) is 8.64. The predicted molar refractivity (Wildman–Crippen MR) is 246 cm³/mol. The van der Waals surface area contributed by atoms with Crippen molar-refractivity contribution in [3.63, 3.8) is 0 Å². The van der Waals surface area contributed by atoms with E-state index < -0.39 is 50.8 Å². The van der Waals surface area contributed by atoms with E-state index >= 15 is 0 Å². The minimum absolute atomic E-state index is 0.0438. The van der Waals surface area contributed by atoms with E-state index in [1.807, 2.05) is 40.2 Å². The summed E-state index contributed by atoms with van der Waals surface area (Å²) in [7, 11) is 1.22. The number of phosphoric ester groups is 1. The largest absolute Gasteiger partial charge is 0.472 e. The summed E-state index contributed by atoms with van der Waals surface area (Å²) in [6.45, 7) is 3.64. The van der Waals surface area contributed by atoms with E-state index in [0.29, 0.717) is 23.9 Å². The van der Waals surface area contributed by atoms with Crippen molar-refractivity contribution in [2.45, 2.75) is 135 Å². The summed E-state index contributed by atoms with van der Waals surface area (Å²) in [5.41, 5.74) is 0. The first-order valence-corrected chi connectivity index (χ1v) is 23.4. The van der Waals surface area contributed by atoms with Crippen LogP contribution in [-0.2, 0) is 32.7 Å². The van der Waals surface area contributed by atoms with Gasteiger partial charge in [0.2, 0.25) is 0 Å². The van der Waals surface area contributed by atoms with Gasteiger partial charge in [-0.3, -0.25) is 18.6 Å². The second-order valence-corrected chi connectivity index (χ2v) is 17.0. The van der Waals surface area contributed by atoms with Gasteiger partial charge in [0.15, 0.2) is 6.10 Å². The van der Waals surface area contributed by atoms with Crippen molar-refractivity contribution in [1.29, 1.82) is 0 Å². The van der Waals surface area contributed by atoms with Crippen molar-refractivity contribution in [3.05, 3.63) is 109 Å². The van der Waals surface area contributed by atoms with Crippen LogP contribution >= 0.6 is 7.82 Å². The summed E-state index contributed by atoms with van der Waals surface area (Å²) in [5, 5.41) is 30.5. The Balaban J connectivity index is 4.76. The Morgan fingerprint density at radius 1 is 0.639 bits per heavy atom. The van der Waals surface area contributed by atoms with Gasteiger partial charge in [-0.05, 0) is 70.6 Å². The van der Waals surface area contributed by atoms with Crippen molar-refractivity contribution in [3.8, 4) is 0 Å². The molecular formula is C48H79NO11P+. The molecule has 0 heterocycles. The molecule has 1 unspecified atom stereocenters. The molecule has 61 heavy (non-hydrogen) atoms. The van der Waals surface area contributed by atoms with Crippen LogP contribution in [0.2, 0.25) is 0 Å². The summed E-state index contributed by atoms with van der Waals surface area (Å²) in [6, 6.07) is 0. The highest BCUT2D eigenvalue weighted by atomic mass is 31.2. The average molecular weight is 877 g/mol. The Morgan fingerprint density at radius 2 is 1.20 bits per heavy atom. The van der Waals surface area contributed by atoms with Gasteiger partial charge < -0.3 is 34.2 Å². The number of carbonyl (C=O) groups is 2. The number of quaternary nitrogens is 1. The van der Waals surface area contributed by atoms with Crippen LogP contribution < -0.4 is 0 Å². The molecule has 0 aromatic rings. The highest BCUT2D eigenvalue weighted by molar-refractivity contribution is 7.47. The third kappa shape index (κ3) is 40.4. The molecule has 0 aliphatic carbocycles. The van der Waals surface area contributed by atoms with Crippen molar-refractivity contribution >= 4 is 19.8 Å². The highest BCUT2D eigenvalue weighted by Gasteiger charge is 2.27. The maximum atomic E-state index is 12.7. The normalized spacial score (nSPS) is 16.1. The molecule has 12 nitrogen and oxygen atoms in total. The number of carbonyl (C=O) groups excluding carboxylic acids is 2. The Labute approximate surface area is 367 Å². The summed E-state index contributed by atoms with van der Waals surface area (Å²) < 4.78 is 34.0. The molecule has 0 radical (unpaired) electrons. The number of hydrogen-bond donors (Lipinski definition) is 4. The van der Waals surface area contributed by atoms with Gasteiger partial charge in [-0.25, -0.2) is 4.57 Å². The molecule has 0 rings (SSSR count). The molecule has 346 valence electrons. The smallest absolute Gasteiger partial charge is 0.462 e. The van der Waals surface area contributed by atoms with E-state index in [1.54, 1.807) is 42.5 Å². The zero-order chi connectivity index (χ0) is 45.5. The number of phosphoric acid groups is 1. The van der Waals surface area contributed by atoms with Crippen LogP contribution in [0.4, 0.5) is 0 Å². The fourth-order valence-electron chi connectivity index (χ4n) is 5.11. The molecule has 0 saturated heterocycles. The third-order valence-corrected chi connectivity index (χ3v) is 9.63. The lowest BCUT2D eigenvalue weighted by Crippen LogP contribution is -2.37. The summed E-state index contributed by atoms with van der Waals surface area (Å²) in [5.74, 6) is -1.17. The number of esters is 2. The lowest BCUT2D eigenvalue weighted by atomic mass is 10.1. The minimum Gasteiger partial charge on any atom is -0.462 e. The van der Waals surface area contributed by atoms with Crippen molar-refractivity contribution in [1.82, 2.24) is 0 Å². The zero-order valence-electron chi connectivity index (χ0n) is 37.7. The molecule has 0 bridgehead atoms. The van der Waals surface area contributed by atoms with Gasteiger partial charge in [-0.15, -0.1) is 0 Å². The van der Waals surface area contributed by atoms with Gasteiger partial charge in [0.05, 0.1) is 46.1 Å². The van der Waals surface area contributed by atoms with Crippen LogP contribution in [-0.4, -0.2) is 109 Å². The first kappa shape index (κ1) is 57.5. The maximum Gasteiger partial charge on any atom is 0.472 e. The molecule has 0 aliphatic rings. The molecule has 0 aromatic carbocycles. The number of ether oxygens (including phenoxy) is 2. The van der Waals surface area contributed by atoms with Crippen LogP contribution in [0.3, 0.4) is 0 Å². The van der Waals surface area contributed by atoms with E-state index in [9.17, 15) is 34.4 Å². The zero-order valence-corrected chi connectivity index (χ0v) is 38.6. The van der Waals surface area contributed by atoms with E-state index in [4.69, 9.17) is 18.5 Å². The summed E-state index contributed by atoms with van der Waals surface area (Å²) in [6.07, 6.45) is 40.8. The second-order valence-electron chi connectivity index (χ2n) is 15.5. The number of aliphatic hydroxyl groups is 3. The van der Waals surface area contributed by atoms with Crippen molar-refractivity contribution < 1.29 is 57.4 Å². The van der Waals surface area contributed by atoms with E-state index in [0.717, 1.165) is 57.8 Å². The molecular weight excluding hydrogens is 797 g/mol. The first-order valence-electron chi connectivity index (χ1n) is 21.9. The number of rotatable bonds is 37. The molecule has 0 fully saturated rings. The first-order chi connectivity index (χ1) is 29.2. The Hall–Kier alpha value is -3.45. The summed E-state index contributed by atoms with van der Waals surface area (Å²) >= 11 is 0. The van der Waals surface area contributed by atoms with Crippen molar-refractivity contribution in [2.75, 3.05) is 47.5 Å². The number of unbranched alkanes of at least 4 members (excludes halogenated alkanes) is 4. The van der Waals surface area contributed by atoms with Gasteiger partial charge in [0.1, 0.15) is 19.8 Å². The van der Waals surface area contributed by atoms with Crippen LogP contribution in [0.15, 0.2) is 109 Å². The Bertz CT molecular complexity index is 1460. The van der Waals surface area contributed by atoms with Crippen LogP contribution in [0.5, 0.6) is 0 Å². The number of allylic oxidation sites excluding steroid dienone is 15. The molecule has 0 spiro atoms. The van der Waals surface area contributed by atoms with Crippen LogP contribution in [0.1, 0.15) is 110 Å². The molecule has 0 amide bonds. The molecule has 0 aromatic heterocycles. The lowest BCUT2D eigenvalue weighted by molar-refractivity contribution is -0.870. The maximum absolute atomic E-state index is 12.7. The second kappa shape index (κ2) is 38.2. The van der Waals surface area contributed by atoms with Gasteiger partial charge in [0.25, 0.3) is 0 Å². The molecule has 5 atom stereocenters. The van der Waals surface area contributed by atoms with Gasteiger partial charge >= 0.3 is 19.8 Å². The van der Waals surface area contributed by atoms with E-state index in [-0.39, 0.29) is 38.9 Å². The van der Waals surface area contributed by atoms with E-state index in [1.165, 1.54) is 6.08 Å². The number of nitrogens with zero attached hydrogens (tertiary/aromatic N) is 1. The fourth-order valence-corrected chi connectivity index (χ4v) is 5.85. The van der Waals surface area contributed by atoms with Crippen molar-refractivity contribution in [2.24, 2.45) is 0 Å². The minimum atomic E-state index is -4.49. The topological polar surface area (TPSA) is 169 Å². The monoisotopic (exact) mass is 877 g/mol. The lowest BCUT2D eigenvalue weighted by Gasteiger charge is -2.24. The summed E-state index contributed by atoms with van der Waals surface area (Å²) in [4.78, 5) is 35.4. The quantitative estimate of drug-likeness (QED) is 0.0117. The van der Waals surface area contributed by atoms with E-state index in [2.05, 4.69) is 55.5 Å². The number of likely N-dealkylation sites (N-methyl/N-ethyl adjacent to an activating group) is 1. The molecule has 13 heteroatoms. The molecule has 0 aliphatic heterocycles. The fraction of sp³-hybridized carbons (Fsp3) is 0.583. The Morgan fingerprint density at radius 3 is 1.84 bits per heavy atom. The van der Waals surface area contributed by atoms with Crippen LogP contribution in [0.25, 0.3) is 0 Å². The molecule has 0 saturated carbocycles. The SMILES string of the molecule is CC/C=C\C/C=C\C/C=C\C/C=C\CCCCCCC(=O)OC[C@H](COP(=O)(O)OCC[N+](C)(C)C)OC(=O)CCC[C@@H](O)[C@H](O)\C=C/C=C\C=C\C=C\[C@@H](O)C/C=C\CC. The molecule has 4 N–H and O–H groups in total. The predicted octanol–water partition coefficient (Wildman–Crippen LogP) is 9.26. The standard InChI is InChI=1S/C48H78NO11P/c1-6-8-10-11-12-13-14-15-16-17-18-19-20-21-22-27-31-37-47(53)57-41-44(42-59-61(55,56)58-40-39-49(3,4)5)60-48(54)38-32-36-46(52)45(51)35-30-26-24-23-25-29-34-43(50)33-28-9-7-2/h8-10,12-13,15-16,18-19,23-26,28-30,34-35,43-46,50-52H,6-7,11,14,17,20-22,27,31-33,36-42H2,1-5H3/p+1/b10-8-,13-12-,16-15-,19-18-,25-23+,26-24-,28-9-,34-29+,35-30-/t43-,44+,45+,46+/m0/s1. The number of hydrogen-bond acceptors (Lipinski definition) is 10. The van der Waals surface area contributed by atoms with Gasteiger partial charge in [-0.2, -0.15) is 0 Å².